The molecule has 1 amide bonds. The molecule has 35 heavy (non-hydrogen) atoms. The number of nitrogens with one attached hydrogen (secondary N) is 1. The lowest BCUT2D eigenvalue weighted by molar-refractivity contribution is -0.138. The molecule has 3 rings (SSSR count). The first-order chi connectivity index (χ1) is 16.5. The Hall–Kier alpha value is -3.62. The third-order valence-electron chi connectivity index (χ3n) is 5.21. The number of ether oxygens (including phenoxy) is 1. The lowest BCUT2D eigenvalue weighted by atomic mass is 9.99. The van der Waals surface area contributed by atoms with E-state index in [1.54, 1.807) is 25.1 Å². The summed E-state index contributed by atoms with van der Waals surface area (Å²) < 4.78 is 60.3. The van der Waals surface area contributed by atoms with Crippen molar-refractivity contribution in [3.05, 3.63) is 64.7 Å². The lowest BCUT2D eigenvalue weighted by Gasteiger charge is -2.21. The predicted molar refractivity (Wildman–Crippen MR) is 120 cm³/mol. The number of dihydropyridines is 1. The fourth-order valence-corrected chi connectivity index (χ4v) is 3.47. The van der Waals surface area contributed by atoms with Crippen LogP contribution in [0.1, 0.15) is 42.1 Å². The zero-order valence-electron chi connectivity index (χ0n) is 18.8. The average molecular weight is 490 g/mol. The van der Waals surface area contributed by atoms with Crippen molar-refractivity contribution in [3.8, 4) is 6.07 Å². The van der Waals surface area contributed by atoms with Gasteiger partial charge < -0.3 is 15.2 Å². The second kappa shape index (κ2) is 10.8. The minimum atomic E-state index is -4.77. The molecule has 184 valence electrons. The van der Waals surface area contributed by atoms with Crippen molar-refractivity contribution in [1.29, 1.82) is 5.26 Å². The molecule has 2 aromatic rings. The van der Waals surface area contributed by atoms with E-state index in [1.807, 2.05) is 0 Å². The molecule has 0 spiro atoms. The van der Waals surface area contributed by atoms with E-state index in [4.69, 9.17) is 10.00 Å². The van der Waals surface area contributed by atoms with E-state index in [1.165, 1.54) is 25.3 Å². The van der Waals surface area contributed by atoms with Crippen molar-refractivity contribution in [2.75, 3.05) is 11.9 Å². The Morgan fingerprint density at radius 2 is 2.09 bits per heavy atom. The van der Waals surface area contributed by atoms with Gasteiger partial charge in [-0.25, -0.2) is 4.39 Å². The summed E-state index contributed by atoms with van der Waals surface area (Å²) in [6, 6.07) is 6.55. The van der Waals surface area contributed by atoms with Crippen LogP contribution in [0, 0.1) is 17.1 Å². The van der Waals surface area contributed by atoms with Crippen LogP contribution in [0.5, 0.6) is 0 Å². The number of benzene rings is 1. The zero-order chi connectivity index (χ0) is 25.8. The number of aliphatic hydroxyl groups is 1. The number of nitriles is 1. The number of carbonyl (C=O) groups is 1. The SMILES string of the molecule is CCOC1C=C(c2ccc(CC(=O)Nc3cnc(C(C)C#N)c(C(F)(F)F)c3)c(F)c2)C=NC1O. The summed E-state index contributed by atoms with van der Waals surface area (Å²) in [4.78, 5) is 20.0. The summed E-state index contributed by atoms with van der Waals surface area (Å²) in [5.41, 5.74) is -0.788. The van der Waals surface area contributed by atoms with Gasteiger partial charge in [-0.15, -0.1) is 0 Å². The number of hydrogen-bond donors (Lipinski definition) is 2. The predicted octanol–water partition coefficient (Wildman–Crippen LogP) is 4.24. The molecule has 0 aliphatic carbocycles. The number of halogens is 4. The second-order valence-corrected chi connectivity index (χ2v) is 7.77. The third-order valence-corrected chi connectivity index (χ3v) is 5.21. The average Bonchev–Trinajstić information content (AvgIpc) is 2.81. The van der Waals surface area contributed by atoms with E-state index in [2.05, 4.69) is 15.3 Å². The van der Waals surface area contributed by atoms with Crippen molar-refractivity contribution in [2.45, 2.75) is 44.7 Å². The molecule has 1 aliphatic heterocycles. The van der Waals surface area contributed by atoms with Crippen molar-refractivity contribution in [1.82, 2.24) is 4.98 Å². The van der Waals surface area contributed by atoms with Gasteiger partial charge in [0.2, 0.25) is 5.91 Å². The van der Waals surface area contributed by atoms with Gasteiger partial charge in [0.1, 0.15) is 11.9 Å². The largest absolute Gasteiger partial charge is 0.418 e. The molecule has 7 nitrogen and oxygen atoms in total. The molecule has 3 unspecified atom stereocenters. The van der Waals surface area contributed by atoms with Crippen molar-refractivity contribution in [3.63, 3.8) is 0 Å². The molecule has 11 heteroatoms. The highest BCUT2D eigenvalue weighted by molar-refractivity contribution is 6.10. The van der Waals surface area contributed by atoms with Crippen LogP contribution in [0.2, 0.25) is 0 Å². The fourth-order valence-electron chi connectivity index (χ4n) is 3.47. The van der Waals surface area contributed by atoms with E-state index in [-0.39, 0.29) is 11.3 Å². The molecule has 0 saturated carbocycles. The molecule has 2 heterocycles. The van der Waals surface area contributed by atoms with E-state index in [9.17, 15) is 27.5 Å². The van der Waals surface area contributed by atoms with Crippen molar-refractivity contribution in [2.24, 2.45) is 4.99 Å². The molecule has 1 aliphatic rings. The summed E-state index contributed by atoms with van der Waals surface area (Å²) in [5, 5.41) is 21.1. The van der Waals surface area contributed by atoms with Gasteiger partial charge in [0.05, 0.1) is 41.5 Å². The standard InChI is InChI=1S/C24H22F4N4O3/c1-3-35-20-7-16(11-31-23(20)34)14-4-5-15(19(25)6-14)8-21(33)32-17-9-18(24(26,27)28)22(30-12-17)13(2)10-29/h4-7,9,11-13,20,23,34H,3,8H2,1-2H3,(H,32,33). The molecule has 1 aromatic heterocycles. The smallest absolute Gasteiger partial charge is 0.370 e. The van der Waals surface area contributed by atoms with Crippen LogP contribution in [-0.4, -0.2) is 41.2 Å². The Morgan fingerprint density at radius 1 is 1.34 bits per heavy atom. The van der Waals surface area contributed by atoms with Crippen molar-refractivity contribution >= 4 is 23.4 Å². The van der Waals surface area contributed by atoms with Gasteiger partial charge in [0.25, 0.3) is 0 Å². The van der Waals surface area contributed by atoms with Crippen LogP contribution in [-0.2, 0) is 22.1 Å². The van der Waals surface area contributed by atoms with Crippen LogP contribution >= 0.6 is 0 Å². The van der Waals surface area contributed by atoms with E-state index in [0.717, 1.165) is 6.20 Å². The fraction of sp³-hybridized carbons (Fsp3) is 0.333. The second-order valence-electron chi connectivity index (χ2n) is 7.77. The highest BCUT2D eigenvalue weighted by Crippen LogP contribution is 2.35. The van der Waals surface area contributed by atoms with Gasteiger partial charge in [0.15, 0.2) is 6.23 Å². The number of anilines is 1. The van der Waals surface area contributed by atoms with Gasteiger partial charge >= 0.3 is 6.18 Å². The molecular weight excluding hydrogens is 468 g/mol. The van der Waals surface area contributed by atoms with Crippen LogP contribution in [0.15, 0.2) is 41.5 Å². The molecule has 1 aromatic carbocycles. The number of aliphatic imine (C=N–C) groups is 1. The Morgan fingerprint density at radius 3 is 2.71 bits per heavy atom. The number of amides is 1. The zero-order valence-corrected chi connectivity index (χ0v) is 18.8. The molecule has 0 saturated heterocycles. The van der Waals surface area contributed by atoms with E-state index in [0.29, 0.717) is 23.8 Å². The summed E-state index contributed by atoms with van der Waals surface area (Å²) in [6.45, 7) is 3.40. The van der Waals surface area contributed by atoms with Gasteiger partial charge in [-0.1, -0.05) is 12.1 Å². The number of alkyl halides is 3. The molecule has 3 atom stereocenters. The highest BCUT2D eigenvalue weighted by Gasteiger charge is 2.36. The maximum absolute atomic E-state index is 14.7. The van der Waals surface area contributed by atoms with Gasteiger partial charge in [-0.05, 0) is 48.8 Å². The Labute approximate surface area is 198 Å². The number of rotatable bonds is 7. The van der Waals surface area contributed by atoms with Crippen LogP contribution in [0.3, 0.4) is 0 Å². The maximum atomic E-state index is 14.7. The van der Waals surface area contributed by atoms with E-state index < -0.39 is 53.8 Å². The minimum Gasteiger partial charge on any atom is -0.370 e. The lowest BCUT2D eigenvalue weighted by Crippen LogP contribution is -2.28. The Bertz CT molecular complexity index is 1200. The molecule has 0 radical (unpaired) electrons. The number of hydrogen-bond acceptors (Lipinski definition) is 6. The number of nitrogens with zero attached hydrogens (tertiary/aromatic N) is 3. The summed E-state index contributed by atoms with van der Waals surface area (Å²) >= 11 is 0. The topological polar surface area (TPSA) is 108 Å². The third kappa shape index (κ3) is 6.29. The highest BCUT2D eigenvalue weighted by atomic mass is 19.4. The number of carbonyl (C=O) groups excluding carboxylic acids is 1. The van der Waals surface area contributed by atoms with Gasteiger partial charge in [-0.3, -0.25) is 14.8 Å². The van der Waals surface area contributed by atoms with Gasteiger partial charge in [-0.2, -0.15) is 18.4 Å². The number of allylic oxidation sites excluding steroid dienone is 1. The summed E-state index contributed by atoms with van der Waals surface area (Å²) in [5.74, 6) is -2.54. The number of pyridine rings is 1. The first-order valence-corrected chi connectivity index (χ1v) is 10.6. The monoisotopic (exact) mass is 490 g/mol. The summed E-state index contributed by atoms with van der Waals surface area (Å²) in [6.07, 6.45) is -2.91. The van der Waals surface area contributed by atoms with Crippen LogP contribution in [0.25, 0.3) is 5.57 Å². The number of aliphatic hydroxyl groups excluding tert-OH is 1. The van der Waals surface area contributed by atoms with Crippen LogP contribution in [0.4, 0.5) is 23.2 Å². The molecular formula is C24H22F4N4O3. The molecule has 0 fully saturated rings. The number of aromatic nitrogens is 1. The Kier molecular flexibility index (Phi) is 7.99. The minimum absolute atomic E-state index is 0.0275. The van der Waals surface area contributed by atoms with E-state index >= 15 is 0 Å². The van der Waals surface area contributed by atoms with Crippen LogP contribution < -0.4 is 5.32 Å². The summed E-state index contributed by atoms with van der Waals surface area (Å²) in [7, 11) is 0. The first kappa shape index (κ1) is 26.0. The first-order valence-electron chi connectivity index (χ1n) is 10.6. The van der Waals surface area contributed by atoms with Crippen molar-refractivity contribution < 1.29 is 32.2 Å². The maximum Gasteiger partial charge on any atom is 0.418 e. The molecule has 0 bridgehead atoms. The van der Waals surface area contributed by atoms with Gasteiger partial charge in [0, 0.05) is 12.8 Å². The Balaban J connectivity index is 1.75. The normalized spacial score (nSPS) is 18.5. The quantitative estimate of drug-likeness (QED) is 0.565. The molecule has 2 N–H and O–H groups in total.